The fraction of sp³-hybridized carbons (Fsp3) is 0.0952. The van der Waals surface area contributed by atoms with Crippen molar-refractivity contribution in [3.63, 3.8) is 0 Å². The summed E-state index contributed by atoms with van der Waals surface area (Å²) in [5.74, 6) is 0. The lowest BCUT2D eigenvalue weighted by molar-refractivity contribution is 0.111. The van der Waals surface area contributed by atoms with E-state index in [2.05, 4.69) is 10.1 Å². The first kappa shape index (κ1) is 16.8. The van der Waals surface area contributed by atoms with Crippen LogP contribution in [-0.4, -0.2) is 28.9 Å². The Morgan fingerprint density at radius 2 is 2.00 bits per heavy atom. The lowest BCUT2D eigenvalue weighted by Crippen LogP contribution is -2.10. The molecule has 0 bridgehead atoms. The van der Waals surface area contributed by atoms with Crippen molar-refractivity contribution >= 4 is 34.5 Å². The fourth-order valence-corrected chi connectivity index (χ4v) is 3.23. The third-order valence-electron chi connectivity index (χ3n) is 4.59. The SMILES string of the molecule is COC(=O)Nc1ccc2ccn3c(C=O)c(-c4ccccc4C)nc3c2c1. The zero-order valence-electron chi connectivity index (χ0n) is 14.9. The van der Waals surface area contributed by atoms with Crippen LogP contribution in [0.2, 0.25) is 0 Å². The maximum atomic E-state index is 11.8. The molecule has 0 spiro atoms. The Bertz CT molecular complexity index is 1190. The number of nitrogens with zero attached hydrogens (tertiary/aromatic N) is 2. The van der Waals surface area contributed by atoms with E-state index in [1.807, 2.05) is 55.6 Å². The van der Waals surface area contributed by atoms with Crippen LogP contribution < -0.4 is 5.32 Å². The molecule has 0 unspecified atom stereocenters. The second-order valence-electron chi connectivity index (χ2n) is 6.21. The van der Waals surface area contributed by atoms with Gasteiger partial charge in [0.2, 0.25) is 0 Å². The summed E-state index contributed by atoms with van der Waals surface area (Å²) in [6.45, 7) is 1.99. The van der Waals surface area contributed by atoms with Gasteiger partial charge in [-0.15, -0.1) is 0 Å². The summed E-state index contributed by atoms with van der Waals surface area (Å²) in [5, 5.41) is 4.44. The minimum Gasteiger partial charge on any atom is -0.453 e. The van der Waals surface area contributed by atoms with Gasteiger partial charge in [0, 0.05) is 22.8 Å². The van der Waals surface area contributed by atoms with E-state index in [9.17, 15) is 9.59 Å². The van der Waals surface area contributed by atoms with E-state index < -0.39 is 6.09 Å². The van der Waals surface area contributed by atoms with Crippen molar-refractivity contribution < 1.29 is 14.3 Å². The van der Waals surface area contributed by atoms with Crippen LogP contribution in [0.15, 0.2) is 54.7 Å². The number of benzene rings is 2. The van der Waals surface area contributed by atoms with E-state index in [4.69, 9.17) is 4.98 Å². The Labute approximate surface area is 155 Å². The third-order valence-corrected chi connectivity index (χ3v) is 4.59. The lowest BCUT2D eigenvalue weighted by atomic mass is 10.0. The van der Waals surface area contributed by atoms with Crippen LogP contribution in [0.1, 0.15) is 16.1 Å². The minimum atomic E-state index is -0.543. The summed E-state index contributed by atoms with van der Waals surface area (Å²) in [6.07, 6.45) is 2.12. The van der Waals surface area contributed by atoms with Gasteiger partial charge in [0.25, 0.3) is 0 Å². The number of fused-ring (bicyclic) bond motifs is 3. The van der Waals surface area contributed by atoms with Gasteiger partial charge in [-0.05, 0) is 36.1 Å². The molecule has 2 heterocycles. The number of imidazole rings is 1. The summed E-state index contributed by atoms with van der Waals surface area (Å²) in [7, 11) is 1.31. The number of rotatable bonds is 3. The molecule has 27 heavy (non-hydrogen) atoms. The van der Waals surface area contributed by atoms with Gasteiger partial charge in [0.05, 0.1) is 7.11 Å². The first-order chi connectivity index (χ1) is 13.1. The minimum absolute atomic E-state index is 0.493. The zero-order valence-corrected chi connectivity index (χ0v) is 14.9. The van der Waals surface area contributed by atoms with Gasteiger partial charge < -0.3 is 4.74 Å². The molecule has 6 nitrogen and oxygen atoms in total. The summed E-state index contributed by atoms with van der Waals surface area (Å²) in [4.78, 5) is 28.1. The quantitative estimate of drug-likeness (QED) is 0.548. The molecule has 0 atom stereocenters. The van der Waals surface area contributed by atoms with E-state index in [-0.39, 0.29) is 0 Å². The van der Waals surface area contributed by atoms with Crippen LogP contribution >= 0.6 is 0 Å². The Morgan fingerprint density at radius 1 is 1.19 bits per heavy atom. The standard InChI is InChI=1S/C21H17N3O3/c1-13-5-3-4-6-16(13)19-18(12-25)24-10-9-14-7-8-15(22-21(26)27-2)11-17(14)20(24)23-19/h3-12H,1-2H3,(H,22,26). The van der Waals surface area contributed by atoms with Gasteiger partial charge in [-0.1, -0.05) is 30.3 Å². The molecule has 0 saturated carbocycles. The second kappa shape index (κ2) is 6.57. The molecule has 2 aromatic heterocycles. The highest BCUT2D eigenvalue weighted by Crippen LogP contribution is 2.30. The summed E-state index contributed by atoms with van der Waals surface area (Å²) in [6, 6.07) is 15.3. The molecule has 4 rings (SSSR count). The van der Waals surface area contributed by atoms with Gasteiger partial charge in [-0.2, -0.15) is 0 Å². The number of pyridine rings is 1. The molecule has 134 valence electrons. The summed E-state index contributed by atoms with van der Waals surface area (Å²) in [5.41, 5.74) is 4.34. The number of methoxy groups -OCH3 is 1. The molecule has 0 aliphatic carbocycles. The van der Waals surface area contributed by atoms with Crippen molar-refractivity contribution in [2.45, 2.75) is 6.92 Å². The molecule has 0 radical (unpaired) electrons. The van der Waals surface area contributed by atoms with Gasteiger partial charge in [0.15, 0.2) is 6.29 Å². The number of ether oxygens (including phenoxy) is 1. The van der Waals surface area contributed by atoms with E-state index >= 15 is 0 Å². The van der Waals surface area contributed by atoms with Crippen LogP contribution in [0, 0.1) is 6.92 Å². The highest BCUT2D eigenvalue weighted by Gasteiger charge is 2.17. The normalized spacial score (nSPS) is 10.9. The van der Waals surface area contributed by atoms with Crippen LogP contribution in [0.25, 0.3) is 27.7 Å². The van der Waals surface area contributed by atoms with E-state index in [0.29, 0.717) is 22.7 Å². The highest BCUT2D eigenvalue weighted by atomic mass is 16.5. The van der Waals surface area contributed by atoms with Crippen LogP contribution in [0.5, 0.6) is 0 Å². The van der Waals surface area contributed by atoms with Gasteiger partial charge in [0.1, 0.15) is 17.0 Å². The third kappa shape index (κ3) is 2.81. The molecule has 0 saturated heterocycles. The first-order valence-corrected chi connectivity index (χ1v) is 8.43. The number of amides is 1. The van der Waals surface area contributed by atoms with Crippen molar-refractivity contribution in [2.75, 3.05) is 12.4 Å². The monoisotopic (exact) mass is 359 g/mol. The number of hydrogen-bond donors (Lipinski definition) is 1. The van der Waals surface area contributed by atoms with Crippen molar-refractivity contribution in [3.05, 3.63) is 66.0 Å². The number of carbonyl (C=O) groups excluding carboxylic acids is 2. The van der Waals surface area contributed by atoms with Crippen LogP contribution in [0.3, 0.4) is 0 Å². The smallest absolute Gasteiger partial charge is 0.411 e. The van der Waals surface area contributed by atoms with Crippen LogP contribution in [-0.2, 0) is 4.74 Å². The van der Waals surface area contributed by atoms with Crippen molar-refractivity contribution in [1.82, 2.24) is 9.38 Å². The van der Waals surface area contributed by atoms with E-state index in [1.165, 1.54) is 7.11 Å². The van der Waals surface area contributed by atoms with Crippen molar-refractivity contribution in [2.24, 2.45) is 0 Å². The average Bonchev–Trinajstić information content (AvgIpc) is 3.07. The number of nitrogens with one attached hydrogen (secondary N) is 1. The Balaban J connectivity index is 1.99. The average molecular weight is 359 g/mol. The molecule has 6 heteroatoms. The highest BCUT2D eigenvalue weighted by molar-refractivity contribution is 6.00. The Kier molecular flexibility index (Phi) is 4.08. The number of carbonyl (C=O) groups is 2. The molecule has 0 aliphatic rings. The number of anilines is 1. The predicted octanol–water partition coefficient (Wildman–Crippen LogP) is 4.45. The molecule has 4 aromatic rings. The van der Waals surface area contributed by atoms with Gasteiger partial charge >= 0.3 is 6.09 Å². The van der Waals surface area contributed by atoms with Crippen molar-refractivity contribution in [1.29, 1.82) is 0 Å². The molecule has 2 aromatic carbocycles. The van der Waals surface area contributed by atoms with Crippen molar-refractivity contribution in [3.8, 4) is 11.3 Å². The van der Waals surface area contributed by atoms with E-state index in [0.717, 1.165) is 28.2 Å². The number of aldehydes is 1. The van der Waals surface area contributed by atoms with E-state index in [1.54, 1.807) is 10.5 Å². The predicted molar refractivity (Wildman–Crippen MR) is 104 cm³/mol. The largest absolute Gasteiger partial charge is 0.453 e. The molecule has 1 N–H and O–H groups in total. The molecular weight excluding hydrogens is 342 g/mol. The topological polar surface area (TPSA) is 72.7 Å². The molecule has 1 amide bonds. The zero-order chi connectivity index (χ0) is 19.0. The van der Waals surface area contributed by atoms with Gasteiger partial charge in [-0.3, -0.25) is 14.5 Å². The fourth-order valence-electron chi connectivity index (χ4n) is 3.23. The summed E-state index contributed by atoms with van der Waals surface area (Å²) < 4.78 is 6.42. The Hall–Kier alpha value is -3.67. The van der Waals surface area contributed by atoms with Crippen LogP contribution in [0.4, 0.5) is 10.5 Å². The summed E-state index contributed by atoms with van der Waals surface area (Å²) >= 11 is 0. The lowest BCUT2D eigenvalue weighted by Gasteiger charge is -2.06. The molecular formula is C21H17N3O3. The maximum Gasteiger partial charge on any atom is 0.411 e. The molecule has 0 fully saturated rings. The second-order valence-corrected chi connectivity index (χ2v) is 6.21. The Morgan fingerprint density at radius 3 is 2.74 bits per heavy atom. The number of aromatic nitrogens is 2. The first-order valence-electron chi connectivity index (χ1n) is 8.43. The maximum absolute atomic E-state index is 11.8. The number of hydrogen-bond acceptors (Lipinski definition) is 4. The number of aryl methyl sites for hydroxylation is 1. The molecule has 0 aliphatic heterocycles. The van der Waals surface area contributed by atoms with Gasteiger partial charge in [-0.25, -0.2) is 9.78 Å².